The molecule has 98 valence electrons. The quantitative estimate of drug-likeness (QED) is 0.726. The molecule has 2 fully saturated rings. The fourth-order valence-corrected chi connectivity index (χ4v) is 3.05. The van der Waals surface area contributed by atoms with Crippen molar-refractivity contribution in [2.45, 2.75) is 89.3 Å². The molecule has 0 N–H and O–H groups in total. The molecule has 2 heteroatoms. The predicted molar refractivity (Wildman–Crippen MR) is 69.1 cm³/mol. The average Bonchev–Trinajstić information content (AvgIpc) is 2.46. The number of rotatable bonds is 2. The first-order chi connectivity index (χ1) is 8.34. The van der Waals surface area contributed by atoms with Crippen LogP contribution < -0.4 is 0 Å². The van der Waals surface area contributed by atoms with Crippen molar-refractivity contribution in [1.82, 2.24) is 0 Å². The Hall–Kier alpha value is -0.370. The van der Waals surface area contributed by atoms with Gasteiger partial charge in [0, 0.05) is 12.8 Å². The Labute approximate surface area is 105 Å². The predicted octanol–water partition coefficient (Wildman–Crippen LogP) is 4.02. The Bertz CT molecular complexity index is 217. The van der Waals surface area contributed by atoms with E-state index in [1.807, 2.05) is 0 Å². The zero-order valence-electron chi connectivity index (χ0n) is 11.0. The van der Waals surface area contributed by atoms with Crippen LogP contribution in [-0.4, -0.2) is 18.0 Å². The number of carbonyl (C=O) groups excluding carboxylic acids is 1. The summed E-state index contributed by atoms with van der Waals surface area (Å²) in [5, 5.41) is 0. The van der Waals surface area contributed by atoms with E-state index in [4.69, 9.17) is 4.74 Å². The molecule has 0 heterocycles. The summed E-state index contributed by atoms with van der Waals surface area (Å²) in [5.41, 5.74) is 0. The number of Topliss-reactive ketones (excluding diaryl/α,β-unsaturated/α-hetero) is 1. The van der Waals surface area contributed by atoms with Gasteiger partial charge in [-0.1, -0.05) is 38.5 Å². The van der Waals surface area contributed by atoms with E-state index in [1.165, 1.54) is 51.4 Å². The van der Waals surface area contributed by atoms with Gasteiger partial charge in [-0.2, -0.15) is 0 Å². The van der Waals surface area contributed by atoms with Crippen molar-refractivity contribution in [2.24, 2.45) is 0 Å². The monoisotopic (exact) mass is 238 g/mol. The summed E-state index contributed by atoms with van der Waals surface area (Å²) in [6.45, 7) is 0. The first-order valence-corrected chi connectivity index (χ1v) is 7.52. The summed E-state index contributed by atoms with van der Waals surface area (Å²) < 4.78 is 6.22. The summed E-state index contributed by atoms with van der Waals surface area (Å²) in [7, 11) is 0. The Kier molecular flexibility index (Phi) is 5.50. The molecule has 0 saturated heterocycles. The van der Waals surface area contributed by atoms with Crippen molar-refractivity contribution < 1.29 is 9.53 Å². The molecule has 0 radical (unpaired) electrons. The molecule has 0 unspecified atom stereocenters. The highest BCUT2D eigenvalue weighted by atomic mass is 16.5. The van der Waals surface area contributed by atoms with Gasteiger partial charge in [0.2, 0.25) is 0 Å². The fraction of sp³-hybridized carbons (Fsp3) is 0.933. The van der Waals surface area contributed by atoms with Crippen LogP contribution in [0.5, 0.6) is 0 Å². The lowest BCUT2D eigenvalue weighted by molar-refractivity contribution is -0.124. The van der Waals surface area contributed by atoms with Crippen molar-refractivity contribution in [3.8, 4) is 0 Å². The first-order valence-electron chi connectivity index (χ1n) is 7.52. The van der Waals surface area contributed by atoms with E-state index in [-0.39, 0.29) is 0 Å². The number of ketones is 1. The molecule has 0 atom stereocenters. The lowest BCUT2D eigenvalue weighted by Gasteiger charge is -2.27. The smallest absolute Gasteiger partial charge is 0.133 e. The van der Waals surface area contributed by atoms with E-state index >= 15 is 0 Å². The summed E-state index contributed by atoms with van der Waals surface area (Å²) in [4.78, 5) is 11.2. The van der Waals surface area contributed by atoms with Crippen LogP contribution in [0.2, 0.25) is 0 Å². The largest absolute Gasteiger partial charge is 0.375 e. The van der Waals surface area contributed by atoms with E-state index in [1.54, 1.807) is 0 Å². The Morgan fingerprint density at radius 2 is 1.18 bits per heavy atom. The highest BCUT2D eigenvalue weighted by molar-refractivity contribution is 5.79. The minimum atomic E-state index is 0.374. The molecule has 2 saturated carbocycles. The van der Waals surface area contributed by atoms with E-state index in [0.717, 1.165) is 25.7 Å². The van der Waals surface area contributed by atoms with Gasteiger partial charge < -0.3 is 4.74 Å². The third-order valence-corrected chi connectivity index (χ3v) is 4.18. The van der Waals surface area contributed by atoms with Gasteiger partial charge in [0.05, 0.1) is 12.2 Å². The molecular formula is C15H26O2. The Morgan fingerprint density at radius 3 is 1.76 bits per heavy atom. The molecular weight excluding hydrogens is 212 g/mol. The van der Waals surface area contributed by atoms with Crippen LogP contribution in [0.4, 0.5) is 0 Å². The van der Waals surface area contributed by atoms with Crippen molar-refractivity contribution in [1.29, 1.82) is 0 Å². The molecule has 0 aromatic heterocycles. The highest BCUT2D eigenvalue weighted by Gasteiger charge is 2.22. The molecule has 0 aromatic rings. The van der Waals surface area contributed by atoms with Crippen molar-refractivity contribution in [2.75, 3.05) is 0 Å². The number of ether oxygens (including phenoxy) is 1. The topological polar surface area (TPSA) is 26.3 Å². The average molecular weight is 238 g/mol. The first kappa shape index (κ1) is 13.1. The van der Waals surface area contributed by atoms with E-state index in [2.05, 4.69) is 0 Å². The van der Waals surface area contributed by atoms with Crippen LogP contribution in [0.3, 0.4) is 0 Å². The normalized spacial score (nSPS) is 26.2. The lowest BCUT2D eigenvalue weighted by Crippen LogP contribution is -2.27. The molecule has 0 bridgehead atoms. The number of carbonyl (C=O) groups is 1. The van der Waals surface area contributed by atoms with Crippen LogP contribution in [0.25, 0.3) is 0 Å². The molecule has 0 amide bonds. The van der Waals surface area contributed by atoms with E-state index < -0.39 is 0 Å². The van der Waals surface area contributed by atoms with Crippen LogP contribution in [0.1, 0.15) is 77.0 Å². The molecule has 2 aliphatic rings. The maximum atomic E-state index is 11.2. The number of hydrogen-bond donors (Lipinski definition) is 0. The Balaban J connectivity index is 1.73. The molecule has 2 aliphatic carbocycles. The zero-order chi connectivity index (χ0) is 11.9. The minimum Gasteiger partial charge on any atom is -0.375 e. The maximum Gasteiger partial charge on any atom is 0.133 e. The molecule has 17 heavy (non-hydrogen) atoms. The van der Waals surface area contributed by atoms with Crippen molar-refractivity contribution in [3.05, 3.63) is 0 Å². The van der Waals surface area contributed by atoms with Gasteiger partial charge in [0.1, 0.15) is 5.78 Å². The third kappa shape index (κ3) is 4.79. The second-order valence-corrected chi connectivity index (χ2v) is 5.69. The van der Waals surface area contributed by atoms with Gasteiger partial charge in [-0.3, -0.25) is 4.79 Å². The maximum absolute atomic E-state index is 11.2. The SMILES string of the molecule is O=C1CCC(OC2CCCCCCCC2)CC1. The van der Waals surface area contributed by atoms with Crippen LogP contribution >= 0.6 is 0 Å². The van der Waals surface area contributed by atoms with Crippen molar-refractivity contribution >= 4 is 5.78 Å². The Morgan fingerprint density at radius 1 is 0.706 bits per heavy atom. The van der Waals surface area contributed by atoms with Crippen LogP contribution in [0, 0.1) is 0 Å². The molecule has 2 rings (SSSR count). The summed E-state index contributed by atoms with van der Waals surface area (Å²) in [6, 6.07) is 0. The zero-order valence-corrected chi connectivity index (χ0v) is 11.0. The lowest BCUT2D eigenvalue weighted by atomic mass is 9.96. The van der Waals surface area contributed by atoms with Gasteiger partial charge in [0.25, 0.3) is 0 Å². The van der Waals surface area contributed by atoms with Gasteiger partial charge >= 0.3 is 0 Å². The summed E-state index contributed by atoms with van der Waals surface area (Å²) >= 11 is 0. The highest BCUT2D eigenvalue weighted by Crippen LogP contribution is 2.25. The van der Waals surface area contributed by atoms with Gasteiger partial charge in [0.15, 0.2) is 0 Å². The van der Waals surface area contributed by atoms with Gasteiger partial charge in [-0.25, -0.2) is 0 Å². The second-order valence-electron chi connectivity index (χ2n) is 5.69. The molecule has 0 aromatic carbocycles. The van der Waals surface area contributed by atoms with E-state index in [0.29, 0.717) is 18.0 Å². The molecule has 0 aliphatic heterocycles. The number of hydrogen-bond acceptors (Lipinski definition) is 2. The molecule has 2 nitrogen and oxygen atoms in total. The fourth-order valence-electron chi connectivity index (χ4n) is 3.05. The van der Waals surface area contributed by atoms with Crippen molar-refractivity contribution in [3.63, 3.8) is 0 Å². The van der Waals surface area contributed by atoms with Gasteiger partial charge in [-0.15, -0.1) is 0 Å². The third-order valence-electron chi connectivity index (χ3n) is 4.18. The van der Waals surface area contributed by atoms with Crippen LogP contribution in [-0.2, 0) is 9.53 Å². The standard InChI is InChI=1S/C15H26O2/c16-13-9-11-15(12-10-13)17-14-7-5-3-1-2-4-6-8-14/h14-15H,1-12H2. The minimum absolute atomic E-state index is 0.374. The second kappa shape index (κ2) is 7.15. The molecule has 0 spiro atoms. The van der Waals surface area contributed by atoms with E-state index in [9.17, 15) is 4.79 Å². The summed E-state index contributed by atoms with van der Waals surface area (Å²) in [5.74, 6) is 0.430. The summed E-state index contributed by atoms with van der Waals surface area (Å²) in [6.07, 6.45) is 15.0. The van der Waals surface area contributed by atoms with Crippen LogP contribution in [0.15, 0.2) is 0 Å². The van der Waals surface area contributed by atoms with Gasteiger partial charge in [-0.05, 0) is 25.7 Å².